The van der Waals surface area contributed by atoms with Gasteiger partial charge in [0.15, 0.2) is 0 Å². The lowest BCUT2D eigenvalue weighted by Crippen LogP contribution is -2.30. The van der Waals surface area contributed by atoms with Gasteiger partial charge in [0.05, 0.1) is 6.61 Å². The zero-order valence-electron chi connectivity index (χ0n) is 11.9. The average Bonchev–Trinajstić information content (AvgIpc) is 2.36. The molecular weight excluding hydrogens is 224 g/mol. The van der Waals surface area contributed by atoms with Crippen molar-refractivity contribution in [2.24, 2.45) is 11.7 Å². The first-order chi connectivity index (χ1) is 8.65. The molecule has 0 amide bonds. The highest BCUT2D eigenvalue weighted by atomic mass is 16.5. The Bertz CT molecular complexity index is 322. The van der Waals surface area contributed by atoms with Crippen molar-refractivity contribution in [2.45, 2.75) is 26.9 Å². The Morgan fingerprint density at radius 2 is 1.78 bits per heavy atom. The molecule has 1 aromatic carbocycles. The van der Waals surface area contributed by atoms with E-state index in [-0.39, 0.29) is 0 Å². The van der Waals surface area contributed by atoms with E-state index in [1.54, 1.807) is 7.11 Å². The van der Waals surface area contributed by atoms with Gasteiger partial charge in [-0.15, -0.1) is 0 Å². The van der Waals surface area contributed by atoms with Crippen LogP contribution in [0, 0.1) is 5.92 Å². The molecule has 0 radical (unpaired) electrons. The zero-order chi connectivity index (χ0) is 13.4. The van der Waals surface area contributed by atoms with Crippen LogP contribution < -0.4 is 5.73 Å². The summed E-state index contributed by atoms with van der Waals surface area (Å²) >= 11 is 0. The molecule has 0 saturated heterocycles. The maximum Gasteiger partial charge on any atom is 0.0589 e. The van der Waals surface area contributed by atoms with Gasteiger partial charge in [0.2, 0.25) is 0 Å². The van der Waals surface area contributed by atoms with E-state index in [9.17, 15) is 0 Å². The molecular formula is C15H26N2O. The Morgan fingerprint density at radius 3 is 2.28 bits per heavy atom. The second kappa shape index (κ2) is 8.25. The molecule has 0 aliphatic carbocycles. The van der Waals surface area contributed by atoms with Crippen LogP contribution in [-0.2, 0) is 17.8 Å². The van der Waals surface area contributed by atoms with Crippen LogP contribution in [0.1, 0.15) is 25.0 Å². The normalized spacial score (nSPS) is 11.4. The van der Waals surface area contributed by atoms with Crippen LogP contribution in [0.3, 0.4) is 0 Å². The Hall–Kier alpha value is -0.900. The number of hydrogen-bond donors (Lipinski definition) is 1. The number of hydrogen-bond acceptors (Lipinski definition) is 3. The Balaban J connectivity index is 2.56. The molecule has 0 atom stereocenters. The van der Waals surface area contributed by atoms with Crippen molar-refractivity contribution in [2.75, 3.05) is 26.8 Å². The minimum Gasteiger partial charge on any atom is -0.383 e. The lowest BCUT2D eigenvalue weighted by atomic mass is 10.1. The van der Waals surface area contributed by atoms with Crippen LogP contribution >= 0.6 is 0 Å². The molecule has 1 aromatic rings. The van der Waals surface area contributed by atoms with E-state index in [2.05, 4.69) is 43.0 Å². The summed E-state index contributed by atoms with van der Waals surface area (Å²) in [7, 11) is 1.75. The van der Waals surface area contributed by atoms with Crippen LogP contribution in [0.15, 0.2) is 24.3 Å². The SMILES string of the molecule is COCCN(Cc1ccc(CN)cc1)CC(C)C. The summed E-state index contributed by atoms with van der Waals surface area (Å²) in [6.07, 6.45) is 0. The molecule has 0 heterocycles. The van der Waals surface area contributed by atoms with Crippen LogP contribution in [0.4, 0.5) is 0 Å². The fraction of sp³-hybridized carbons (Fsp3) is 0.600. The first-order valence-corrected chi connectivity index (χ1v) is 6.65. The summed E-state index contributed by atoms with van der Waals surface area (Å²) in [5.74, 6) is 0.671. The third-order valence-corrected chi connectivity index (χ3v) is 2.90. The van der Waals surface area contributed by atoms with Gasteiger partial charge in [-0.2, -0.15) is 0 Å². The lowest BCUT2D eigenvalue weighted by molar-refractivity contribution is 0.136. The Kier molecular flexibility index (Phi) is 6.94. The summed E-state index contributed by atoms with van der Waals surface area (Å²) < 4.78 is 5.17. The van der Waals surface area contributed by atoms with Crippen molar-refractivity contribution in [1.29, 1.82) is 0 Å². The Morgan fingerprint density at radius 1 is 1.17 bits per heavy atom. The molecule has 102 valence electrons. The highest BCUT2D eigenvalue weighted by molar-refractivity contribution is 5.22. The smallest absolute Gasteiger partial charge is 0.0589 e. The van der Waals surface area contributed by atoms with Gasteiger partial charge in [0.1, 0.15) is 0 Å². The fourth-order valence-corrected chi connectivity index (χ4v) is 2.01. The van der Waals surface area contributed by atoms with Crippen molar-refractivity contribution < 1.29 is 4.74 Å². The van der Waals surface area contributed by atoms with E-state index in [1.165, 1.54) is 11.1 Å². The van der Waals surface area contributed by atoms with Crippen LogP contribution in [0.5, 0.6) is 0 Å². The number of nitrogens with two attached hydrogens (primary N) is 1. The molecule has 18 heavy (non-hydrogen) atoms. The minimum atomic E-state index is 0.611. The van der Waals surface area contributed by atoms with Crippen LogP contribution in [-0.4, -0.2) is 31.7 Å². The van der Waals surface area contributed by atoms with Crippen molar-refractivity contribution in [3.8, 4) is 0 Å². The van der Waals surface area contributed by atoms with Crippen LogP contribution in [0.25, 0.3) is 0 Å². The summed E-state index contributed by atoms with van der Waals surface area (Å²) in [4.78, 5) is 2.44. The molecule has 0 aromatic heterocycles. The van der Waals surface area contributed by atoms with E-state index < -0.39 is 0 Å². The molecule has 0 bridgehead atoms. The number of benzene rings is 1. The summed E-state index contributed by atoms with van der Waals surface area (Å²) in [5, 5.41) is 0. The summed E-state index contributed by atoms with van der Waals surface area (Å²) in [6.45, 7) is 8.95. The maximum absolute atomic E-state index is 5.61. The van der Waals surface area contributed by atoms with Gasteiger partial charge in [-0.05, 0) is 17.0 Å². The summed E-state index contributed by atoms with van der Waals surface area (Å²) in [5.41, 5.74) is 8.13. The molecule has 3 heteroatoms. The quantitative estimate of drug-likeness (QED) is 0.769. The molecule has 0 saturated carbocycles. The van der Waals surface area contributed by atoms with Crippen LogP contribution in [0.2, 0.25) is 0 Å². The highest BCUT2D eigenvalue weighted by Gasteiger charge is 2.08. The van der Waals surface area contributed by atoms with Gasteiger partial charge >= 0.3 is 0 Å². The third kappa shape index (κ3) is 5.63. The number of methoxy groups -OCH3 is 1. The topological polar surface area (TPSA) is 38.5 Å². The first-order valence-electron chi connectivity index (χ1n) is 6.65. The zero-order valence-corrected chi connectivity index (χ0v) is 11.9. The van der Waals surface area contributed by atoms with Gasteiger partial charge in [-0.3, -0.25) is 4.90 Å². The Labute approximate surface area is 111 Å². The van der Waals surface area contributed by atoms with Gasteiger partial charge < -0.3 is 10.5 Å². The standard InChI is InChI=1S/C15H26N2O/c1-13(2)11-17(8-9-18-3)12-15-6-4-14(10-16)5-7-15/h4-7,13H,8-12,16H2,1-3H3. The van der Waals surface area contributed by atoms with E-state index in [1.807, 2.05) is 0 Å². The molecule has 0 aliphatic rings. The van der Waals surface area contributed by atoms with Crippen molar-refractivity contribution in [3.05, 3.63) is 35.4 Å². The fourth-order valence-electron chi connectivity index (χ4n) is 2.01. The van der Waals surface area contributed by atoms with E-state index in [0.29, 0.717) is 12.5 Å². The molecule has 0 fully saturated rings. The second-order valence-corrected chi connectivity index (χ2v) is 5.14. The third-order valence-electron chi connectivity index (χ3n) is 2.90. The number of rotatable bonds is 8. The van der Waals surface area contributed by atoms with E-state index in [4.69, 9.17) is 10.5 Å². The number of ether oxygens (including phenoxy) is 1. The molecule has 3 nitrogen and oxygen atoms in total. The van der Waals surface area contributed by atoms with Crippen molar-refractivity contribution >= 4 is 0 Å². The van der Waals surface area contributed by atoms with Crippen molar-refractivity contribution in [1.82, 2.24) is 4.90 Å². The van der Waals surface area contributed by atoms with Crippen molar-refractivity contribution in [3.63, 3.8) is 0 Å². The van der Waals surface area contributed by atoms with E-state index in [0.717, 1.165) is 26.2 Å². The maximum atomic E-state index is 5.61. The van der Waals surface area contributed by atoms with Gasteiger partial charge in [0.25, 0.3) is 0 Å². The molecule has 0 aliphatic heterocycles. The predicted octanol–water partition coefficient (Wildman–Crippen LogP) is 2.25. The highest BCUT2D eigenvalue weighted by Crippen LogP contribution is 2.09. The summed E-state index contributed by atoms with van der Waals surface area (Å²) in [6, 6.07) is 8.56. The molecule has 2 N–H and O–H groups in total. The molecule has 0 spiro atoms. The largest absolute Gasteiger partial charge is 0.383 e. The predicted molar refractivity (Wildman–Crippen MR) is 76.3 cm³/mol. The van der Waals surface area contributed by atoms with Gasteiger partial charge in [-0.1, -0.05) is 38.1 Å². The monoisotopic (exact) mass is 250 g/mol. The van der Waals surface area contributed by atoms with E-state index >= 15 is 0 Å². The minimum absolute atomic E-state index is 0.611. The second-order valence-electron chi connectivity index (χ2n) is 5.14. The average molecular weight is 250 g/mol. The van der Waals surface area contributed by atoms with Gasteiger partial charge in [-0.25, -0.2) is 0 Å². The first kappa shape index (κ1) is 15.2. The lowest BCUT2D eigenvalue weighted by Gasteiger charge is -2.24. The van der Waals surface area contributed by atoms with Gasteiger partial charge in [0, 0.05) is 33.3 Å². The molecule has 0 unspecified atom stereocenters. The number of nitrogens with zero attached hydrogens (tertiary/aromatic N) is 1. The molecule has 1 rings (SSSR count).